The van der Waals surface area contributed by atoms with E-state index in [1.54, 1.807) is 0 Å². The van der Waals surface area contributed by atoms with E-state index in [2.05, 4.69) is 28.9 Å². The van der Waals surface area contributed by atoms with Crippen LogP contribution >= 0.6 is 23.1 Å². The largest absolute Gasteiger partial charge is 0.346 e. The van der Waals surface area contributed by atoms with Gasteiger partial charge in [0.15, 0.2) is 5.13 Å². The Morgan fingerprint density at radius 1 is 1.33 bits per heavy atom. The molecular formula is C13H21N3S2. The van der Waals surface area contributed by atoms with Crippen molar-refractivity contribution < 1.29 is 0 Å². The van der Waals surface area contributed by atoms with Gasteiger partial charge in [0.25, 0.3) is 0 Å². The van der Waals surface area contributed by atoms with E-state index in [0.29, 0.717) is 0 Å². The van der Waals surface area contributed by atoms with E-state index < -0.39 is 0 Å². The molecule has 1 aromatic heterocycles. The van der Waals surface area contributed by atoms with Gasteiger partial charge in [-0.3, -0.25) is 0 Å². The molecular weight excluding hydrogens is 262 g/mol. The van der Waals surface area contributed by atoms with Crippen LogP contribution in [-0.2, 0) is 6.54 Å². The standard InChI is InChI=1S/C13H21N3S2/c1-2-14-9-11-12(10-3-4-10)15-13(18-11)16-5-7-17-8-6-16/h10,14H,2-9H2,1H3. The summed E-state index contributed by atoms with van der Waals surface area (Å²) in [6.07, 6.45) is 2.69. The van der Waals surface area contributed by atoms with Gasteiger partial charge in [-0.25, -0.2) is 4.98 Å². The van der Waals surface area contributed by atoms with Crippen LogP contribution in [0.4, 0.5) is 5.13 Å². The van der Waals surface area contributed by atoms with Gasteiger partial charge in [-0.05, 0) is 19.4 Å². The highest BCUT2D eigenvalue weighted by Crippen LogP contribution is 2.44. The van der Waals surface area contributed by atoms with Crippen molar-refractivity contribution >= 4 is 28.2 Å². The predicted octanol–water partition coefficient (Wildman–Crippen LogP) is 2.68. The summed E-state index contributed by atoms with van der Waals surface area (Å²) in [5.74, 6) is 3.27. The zero-order chi connectivity index (χ0) is 12.4. The molecule has 0 spiro atoms. The number of aromatic nitrogens is 1. The maximum Gasteiger partial charge on any atom is 0.185 e. The third-order valence-electron chi connectivity index (χ3n) is 3.50. The van der Waals surface area contributed by atoms with E-state index in [1.165, 1.54) is 53.1 Å². The first-order chi connectivity index (χ1) is 8.88. The molecule has 18 heavy (non-hydrogen) atoms. The number of nitrogens with zero attached hydrogens (tertiary/aromatic N) is 2. The van der Waals surface area contributed by atoms with Crippen molar-refractivity contribution in [3.05, 3.63) is 10.6 Å². The van der Waals surface area contributed by atoms with E-state index >= 15 is 0 Å². The third kappa shape index (κ3) is 2.83. The van der Waals surface area contributed by atoms with Crippen LogP contribution in [0.3, 0.4) is 0 Å². The summed E-state index contributed by atoms with van der Waals surface area (Å²) >= 11 is 3.98. The zero-order valence-electron chi connectivity index (χ0n) is 10.9. The number of rotatable bonds is 5. The summed E-state index contributed by atoms with van der Waals surface area (Å²) in [5, 5.41) is 4.72. The minimum atomic E-state index is 0.767. The lowest BCUT2D eigenvalue weighted by atomic mass is 10.2. The van der Waals surface area contributed by atoms with Crippen LogP contribution in [0, 0.1) is 0 Å². The molecule has 0 bridgehead atoms. The van der Waals surface area contributed by atoms with E-state index in [9.17, 15) is 0 Å². The molecule has 0 atom stereocenters. The molecule has 1 N–H and O–H groups in total. The second-order valence-corrected chi connectivity index (χ2v) is 7.25. The van der Waals surface area contributed by atoms with Gasteiger partial charge < -0.3 is 10.2 Å². The minimum Gasteiger partial charge on any atom is -0.346 e. The van der Waals surface area contributed by atoms with Gasteiger partial charge in [0, 0.05) is 41.9 Å². The summed E-state index contributed by atoms with van der Waals surface area (Å²) < 4.78 is 0. The molecule has 1 saturated carbocycles. The molecule has 3 rings (SSSR count). The molecule has 2 fully saturated rings. The van der Waals surface area contributed by atoms with Gasteiger partial charge in [-0.1, -0.05) is 6.92 Å². The highest BCUT2D eigenvalue weighted by molar-refractivity contribution is 7.99. The average Bonchev–Trinajstić information content (AvgIpc) is 3.18. The second-order valence-electron chi connectivity index (χ2n) is 4.96. The van der Waals surface area contributed by atoms with Crippen LogP contribution in [0.25, 0.3) is 0 Å². The SMILES string of the molecule is CCNCc1sc(N2CCSCC2)nc1C1CC1. The second kappa shape index (κ2) is 5.80. The molecule has 5 heteroatoms. The molecule has 2 heterocycles. The van der Waals surface area contributed by atoms with E-state index in [-0.39, 0.29) is 0 Å². The normalized spacial score (nSPS) is 20.4. The van der Waals surface area contributed by atoms with Gasteiger partial charge in [-0.15, -0.1) is 11.3 Å². The van der Waals surface area contributed by atoms with Crippen molar-refractivity contribution in [3.8, 4) is 0 Å². The Hall–Kier alpha value is -0.260. The number of thiazole rings is 1. The predicted molar refractivity (Wildman–Crippen MR) is 81.0 cm³/mol. The van der Waals surface area contributed by atoms with Crippen LogP contribution in [0.1, 0.15) is 36.3 Å². The van der Waals surface area contributed by atoms with Crippen molar-refractivity contribution in [2.45, 2.75) is 32.2 Å². The van der Waals surface area contributed by atoms with Crippen molar-refractivity contribution in [1.29, 1.82) is 0 Å². The highest BCUT2D eigenvalue weighted by atomic mass is 32.2. The van der Waals surface area contributed by atoms with Crippen molar-refractivity contribution in [2.75, 3.05) is 36.0 Å². The average molecular weight is 283 g/mol. The van der Waals surface area contributed by atoms with Crippen LogP contribution < -0.4 is 10.2 Å². The maximum atomic E-state index is 4.94. The third-order valence-corrected chi connectivity index (χ3v) is 5.57. The smallest absolute Gasteiger partial charge is 0.185 e. The molecule has 0 aromatic carbocycles. The van der Waals surface area contributed by atoms with Crippen molar-refractivity contribution in [2.24, 2.45) is 0 Å². The monoisotopic (exact) mass is 283 g/mol. The van der Waals surface area contributed by atoms with Crippen LogP contribution in [0.2, 0.25) is 0 Å². The number of hydrogen-bond acceptors (Lipinski definition) is 5. The van der Waals surface area contributed by atoms with Crippen LogP contribution in [0.5, 0.6) is 0 Å². The molecule has 3 nitrogen and oxygen atoms in total. The Morgan fingerprint density at radius 2 is 2.11 bits per heavy atom. The first-order valence-corrected chi connectivity index (χ1v) is 8.88. The Labute approximate surface area is 117 Å². The quantitative estimate of drug-likeness (QED) is 0.899. The van der Waals surface area contributed by atoms with Gasteiger partial charge in [0.2, 0.25) is 0 Å². The summed E-state index contributed by atoms with van der Waals surface area (Å²) in [7, 11) is 0. The molecule has 1 aliphatic carbocycles. The first kappa shape index (κ1) is 12.8. The Bertz CT molecular complexity index is 395. The van der Waals surface area contributed by atoms with Gasteiger partial charge >= 0.3 is 0 Å². The Morgan fingerprint density at radius 3 is 2.78 bits per heavy atom. The number of hydrogen-bond donors (Lipinski definition) is 1. The number of thioether (sulfide) groups is 1. The number of anilines is 1. The molecule has 1 saturated heterocycles. The lowest BCUT2D eigenvalue weighted by Crippen LogP contribution is -2.32. The minimum absolute atomic E-state index is 0.767. The molecule has 2 aliphatic rings. The lowest BCUT2D eigenvalue weighted by molar-refractivity contribution is 0.726. The highest BCUT2D eigenvalue weighted by Gasteiger charge is 2.30. The van der Waals surface area contributed by atoms with Gasteiger partial charge in [0.1, 0.15) is 0 Å². The topological polar surface area (TPSA) is 28.2 Å². The summed E-state index contributed by atoms with van der Waals surface area (Å²) in [6, 6.07) is 0. The Kier molecular flexibility index (Phi) is 4.11. The first-order valence-electron chi connectivity index (χ1n) is 6.91. The fourth-order valence-electron chi connectivity index (χ4n) is 2.28. The van der Waals surface area contributed by atoms with Crippen LogP contribution in [0.15, 0.2) is 0 Å². The fourth-order valence-corrected chi connectivity index (χ4v) is 4.35. The maximum absolute atomic E-state index is 4.94. The summed E-state index contributed by atoms with van der Waals surface area (Å²) in [5.41, 5.74) is 1.40. The fraction of sp³-hybridized carbons (Fsp3) is 0.769. The molecule has 1 aromatic rings. The van der Waals surface area contributed by atoms with Gasteiger partial charge in [0.05, 0.1) is 5.69 Å². The lowest BCUT2D eigenvalue weighted by Gasteiger charge is -2.25. The van der Waals surface area contributed by atoms with Crippen molar-refractivity contribution in [1.82, 2.24) is 10.3 Å². The molecule has 0 radical (unpaired) electrons. The molecule has 100 valence electrons. The molecule has 0 unspecified atom stereocenters. The molecule has 1 aliphatic heterocycles. The van der Waals surface area contributed by atoms with E-state index in [1.807, 2.05) is 11.3 Å². The summed E-state index contributed by atoms with van der Waals surface area (Å²) in [4.78, 5) is 8.90. The van der Waals surface area contributed by atoms with Crippen LogP contribution in [-0.4, -0.2) is 36.1 Å². The van der Waals surface area contributed by atoms with E-state index in [0.717, 1.165) is 19.0 Å². The van der Waals surface area contributed by atoms with Gasteiger partial charge in [-0.2, -0.15) is 11.8 Å². The Balaban J connectivity index is 1.77. The number of nitrogens with one attached hydrogen (secondary N) is 1. The summed E-state index contributed by atoms with van der Waals surface area (Å²) in [6.45, 7) is 6.55. The van der Waals surface area contributed by atoms with Crippen molar-refractivity contribution in [3.63, 3.8) is 0 Å². The zero-order valence-corrected chi connectivity index (χ0v) is 12.6. The van der Waals surface area contributed by atoms with E-state index in [4.69, 9.17) is 4.98 Å². The molecule has 0 amide bonds.